The van der Waals surface area contributed by atoms with Gasteiger partial charge in [-0.15, -0.1) is 0 Å². The molecule has 1 aromatic heterocycles. The third-order valence-corrected chi connectivity index (χ3v) is 3.27. The zero-order chi connectivity index (χ0) is 14.4. The van der Waals surface area contributed by atoms with Gasteiger partial charge in [0.1, 0.15) is 0 Å². The van der Waals surface area contributed by atoms with Crippen LogP contribution in [-0.4, -0.2) is 47.8 Å². The first-order valence-electron chi connectivity index (χ1n) is 6.81. The molecule has 0 saturated heterocycles. The number of fused-ring (bicyclic) bond motifs is 1. The Morgan fingerprint density at radius 2 is 2.20 bits per heavy atom. The van der Waals surface area contributed by atoms with Crippen molar-refractivity contribution in [1.82, 2.24) is 9.88 Å². The van der Waals surface area contributed by atoms with Crippen LogP contribution in [0.2, 0.25) is 0 Å². The van der Waals surface area contributed by atoms with E-state index >= 15 is 0 Å². The van der Waals surface area contributed by atoms with Gasteiger partial charge in [-0.25, -0.2) is 0 Å². The third kappa shape index (κ3) is 3.80. The number of aromatic nitrogens is 1. The van der Waals surface area contributed by atoms with E-state index in [2.05, 4.69) is 23.5 Å². The Kier molecular flexibility index (Phi) is 5.55. The zero-order valence-electron chi connectivity index (χ0n) is 11.7. The second kappa shape index (κ2) is 7.40. The van der Waals surface area contributed by atoms with Gasteiger partial charge in [0.2, 0.25) is 0 Å². The van der Waals surface area contributed by atoms with Crippen LogP contribution in [0.15, 0.2) is 30.5 Å². The maximum absolute atomic E-state index is 9.56. The summed E-state index contributed by atoms with van der Waals surface area (Å²) in [5.41, 5.74) is 2.26. The lowest BCUT2D eigenvalue weighted by molar-refractivity contribution is 0.0822. The SMILES string of the molecule is COCCNCc1ccc2ccn(CC(O)CO)c2c1. The fourth-order valence-corrected chi connectivity index (χ4v) is 2.19. The van der Waals surface area contributed by atoms with Gasteiger partial charge in [-0.05, 0) is 23.1 Å². The van der Waals surface area contributed by atoms with E-state index in [-0.39, 0.29) is 6.61 Å². The van der Waals surface area contributed by atoms with E-state index in [1.807, 2.05) is 16.8 Å². The zero-order valence-corrected chi connectivity index (χ0v) is 11.7. The van der Waals surface area contributed by atoms with Crippen LogP contribution in [0.4, 0.5) is 0 Å². The Hall–Kier alpha value is -1.40. The molecular weight excluding hydrogens is 256 g/mol. The molecule has 0 bridgehead atoms. The summed E-state index contributed by atoms with van der Waals surface area (Å²) in [6, 6.07) is 8.29. The van der Waals surface area contributed by atoms with E-state index in [0.29, 0.717) is 13.2 Å². The summed E-state index contributed by atoms with van der Waals surface area (Å²) in [5.74, 6) is 0. The molecule has 0 spiro atoms. The standard InChI is InChI=1S/C15H22N2O3/c1-20-7-5-16-9-12-2-3-13-4-6-17(15(13)8-12)10-14(19)11-18/h2-4,6,8,14,16,18-19H,5,7,9-11H2,1H3. The van der Waals surface area contributed by atoms with Crippen LogP contribution in [0, 0.1) is 0 Å². The molecule has 0 amide bonds. The molecule has 20 heavy (non-hydrogen) atoms. The largest absolute Gasteiger partial charge is 0.394 e. The third-order valence-electron chi connectivity index (χ3n) is 3.27. The number of ether oxygens (including phenoxy) is 1. The predicted molar refractivity (Wildman–Crippen MR) is 78.6 cm³/mol. The Bertz CT molecular complexity index is 539. The van der Waals surface area contributed by atoms with Crippen LogP contribution < -0.4 is 5.32 Å². The Morgan fingerprint density at radius 1 is 1.35 bits per heavy atom. The molecule has 2 aromatic rings. The molecular formula is C15H22N2O3. The number of rotatable bonds is 8. The Balaban J connectivity index is 2.08. The number of aliphatic hydroxyl groups is 2. The summed E-state index contributed by atoms with van der Waals surface area (Å²) >= 11 is 0. The quantitative estimate of drug-likeness (QED) is 0.623. The van der Waals surface area contributed by atoms with Crippen molar-refractivity contribution in [2.75, 3.05) is 26.9 Å². The fourth-order valence-electron chi connectivity index (χ4n) is 2.19. The summed E-state index contributed by atoms with van der Waals surface area (Å²) in [5, 5.41) is 22.9. The fraction of sp³-hybridized carbons (Fsp3) is 0.467. The number of nitrogens with one attached hydrogen (secondary N) is 1. The monoisotopic (exact) mass is 278 g/mol. The minimum atomic E-state index is -0.728. The molecule has 5 nitrogen and oxygen atoms in total. The van der Waals surface area contributed by atoms with Gasteiger partial charge in [-0.2, -0.15) is 0 Å². The summed E-state index contributed by atoms with van der Waals surface area (Å²) in [6.07, 6.45) is 1.21. The summed E-state index contributed by atoms with van der Waals surface area (Å²) in [7, 11) is 1.69. The van der Waals surface area contributed by atoms with Gasteiger partial charge in [0.25, 0.3) is 0 Å². The molecule has 0 aliphatic heterocycles. The molecule has 1 heterocycles. The lowest BCUT2D eigenvalue weighted by Crippen LogP contribution is -2.19. The highest BCUT2D eigenvalue weighted by Crippen LogP contribution is 2.18. The molecule has 1 unspecified atom stereocenters. The molecule has 0 radical (unpaired) electrons. The van der Waals surface area contributed by atoms with Gasteiger partial charge in [0.05, 0.1) is 25.9 Å². The smallest absolute Gasteiger partial charge is 0.0949 e. The van der Waals surface area contributed by atoms with Crippen LogP contribution in [0.1, 0.15) is 5.56 Å². The lowest BCUT2D eigenvalue weighted by Gasteiger charge is -2.11. The van der Waals surface area contributed by atoms with E-state index in [9.17, 15) is 5.11 Å². The van der Waals surface area contributed by atoms with Gasteiger partial charge in [0, 0.05) is 31.9 Å². The number of nitrogens with zero attached hydrogens (tertiary/aromatic N) is 1. The van der Waals surface area contributed by atoms with Crippen LogP contribution >= 0.6 is 0 Å². The lowest BCUT2D eigenvalue weighted by atomic mass is 10.1. The minimum absolute atomic E-state index is 0.224. The molecule has 1 atom stereocenters. The molecule has 0 fully saturated rings. The first kappa shape index (κ1) is 15.0. The van der Waals surface area contributed by atoms with E-state index in [0.717, 1.165) is 24.0 Å². The van der Waals surface area contributed by atoms with Gasteiger partial charge < -0.3 is 24.8 Å². The molecule has 0 saturated carbocycles. The average Bonchev–Trinajstić information content (AvgIpc) is 2.86. The van der Waals surface area contributed by atoms with Crippen LogP contribution in [0.25, 0.3) is 10.9 Å². The predicted octanol–water partition coefficient (Wildman–Crippen LogP) is 0.730. The Labute approximate surface area is 118 Å². The Morgan fingerprint density at radius 3 is 2.95 bits per heavy atom. The van der Waals surface area contributed by atoms with Crippen molar-refractivity contribution in [2.24, 2.45) is 0 Å². The molecule has 2 rings (SSSR count). The highest BCUT2D eigenvalue weighted by atomic mass is 16.5. The average molecular weight is 278 g/mol. The summed E-state index contributed by atoms with van der Waals surface area (Å²) < 4.78 is 6.96. The molecule has 110 valence electrons. The van der Waals surface area contributed by atoms with E-state index in [4.69, 9.17) is 9.84 Å². The van der Waals surface area contributed by atoms with Crippen molar-refractivity contribution >= 4 is 10.9 Å². The molecule has 0 aliphatic rings. The summed E-state index contributed by atoms with van der Waals surface area (Å²) in [6.45, 7) is 2.48. The van der Waals surface area contributed by atoms with Crippen molar-refractivity contribution in [1.29, 1.82) is 0 Å². The number of hydrogen-bond acceptors (Lipinski definition) is 4. The topological polar surface area (TPSA) is 66.7 Å². The number of hydrogen-bond donors (Lipinski definition) is 3. The maximum atomic E-state index is 9.56. The first-order chi connectivity index (χ1) is 9.74. The minimum Gasteiger partial charge on any atom is -0.394 e. The summed E-state index contributed by atoms with van der Waals surface area (Å²) in [4.78, 5) is 0. The van der Waals surface area contributed by atoms with Crippen LogP contribution in [-0.2, 0) is 17.8 Å². The van der Waals surface area contributed by atoms with E-state index in [1.54, 1.807) is 7.11 Å². The van der Waals surface area contributed by atoms with Crippen LogP contribution in [0.3, 0.4) is 0 Å². The van der Waals surface area contributed by atoms with Crippen molar-refractivity contribution in [3.63, 3.8) is 0 Å². The molecule has 5 heteroatoms. The van der Waals surface area contributed by atoms with Crippen molar-refractivity contribution in [3.05, 3.63) is 36.0 Å². The van der Waals surface area contributed by atoms with Crippen molar-refractivity contribution in [3.8, 4) is 0 Å². The highest BCUT2D eigenvalue weighted by molar-refractivity contribution is 5.80. The van der Waals surface area contributed by atoms with E-state index < -0.39 is 6.10 Å². The second-order valence-electron chi connectivity index (χ2n) is 4.87. The maximum Gasteiger partial charge on any atom is 0.0949 e. The second-order valence-corrected chi connectivity index (χ2v) is 4.87. The first-order valence-corrected chi connectivity index (χ1v) is 6.81. The van der Waals surface area contributed by atoms with Crippen LogP contribution in [0.5, 0.6) is 0 Å². The van der Waals surface area contributed by atoms with Gasteiger partial charge in [-0.1, -0.05) is 12.1 Å². The number of aliphatic hydroxyl groups excluding tert-OH is 2. The number of methoxy groups -OCH3 is 1. The van der Waals surface area contributed by atoms with E-state index in [1.165, 1.54) is 5.56 Å². The number of benzene rings is 1. The normalized spacial score (nSPS) is 12.9. The van der Waals surface area contributed by atoms with Gasteiger partial charge >= 0.3 is 0 Å². The molecule has 0 aliphatic carbocycles. The van der Waals surface area contributed by atoms with Crippen molar-refractivity contribution in [2.45, 2.75) is 19.2 Å². The van der Waals surface area contributed by atoms with Crippen molar-refractivity contribution < 1.29 is 14.9 Å². The highest BCUT2D eigenvalue weighted by Gasteiger charge is 2.07. The van der Waals surface area contributed by atoms with Gasteiger partial charge in [0.15, 0.2) is 0 Å². The molecule has 3 N–H and O–H groups in total. The molecule has 1 aromatic carbocycles. The van der Waals surface area contributed by atoms with Gasteiger partial charge in [-0.3, -0.25) is 0 Å².